The fourth-order valence-corrected chi connectivity index (χ4v) is 4.78. The number of nitrogens with one attached hydrogen (secondary N) is 3. The van der Waals surface area contributed by atoms with Gasteiger partial charge >= 0.3 is 0 Å². The molecule has 0 saturated carbocycles. The number of ketones is 1. The number of aliphatic hydroxyl groups excluding tert-OH is 1. The van der Waals surface area contributed by atoms with E-state index < -0.39 is 12.1 Å². The molecule has 184 valence electrons. The summed E-state index contributed by atoms with van der Waals surface area (Å²) in [6.07, 6.45) is 3.82. The number of unbranched alkanes of at least 4 members (excludes halogenated alkanes) is 1. The lowest BCUT2D eigenvalue weighted by molar-refractivity contribution is -0.124. The van der Waals surface area contributed by atoms with Crippen LogP contribution in [-0.2, 0) is 17.6 Å². The molecule has 1 aromatic heterocycles. The third kappa shape index (κ3) is 5.76. The molecule has 34 heavy (non-hydrogen) atoms. The minimum atomic E-state index is -0.748. The first-order chi connectivity index (χ1) is 16.2. The van der Waals surface area contributed by atoms with Crippen LogP contribution < -0.4 is 10.6 Å². The van der Waals surface area contributed by atoms with Crippen LogP contribution in [0.15, 0.2) is 30.3 Å². The van der Waals surface area contributed by atoms with Gasteiger partial charge in [0.2, 0.25) is 5.91 Å². The summed E-state index contributed by atoms with van der Waals surface area (Å²) in [5, 5.41) is 15.6. The van der Waals surface area contributed by atoms with Crippen molar-refractivity contribution < 1.29 is 19.5 Å². The van der Waals surface area contributed by atoms with Crippen molar-refractivity contribution in [3.8, 4) is 0 Å². The number of aromatic amines is 1. The van der Waals surface area contributed by atoms with Crippen molar-refractivity contribution in [1.82, 2.24) is 15.6 Å². The van der Waals surface area contributed by atoms with Gasteiger partial charge in [-0.1, -0.05) is 70.9 Å². The van der Waals surface area contributed by atoms with E-state index >= 15 is 0 Å². The van der Waals surface area contributed by atoms with E-state index in [9.17, 15) is 19.5 Å². The average Bonchev–Trinajstić information content (AvgIpc) is 3.18. The number of H-pyrrole nitrogens is 1. The Morgan fingerprint density at radius 2 is 1.82 bits per heavy atom. The molecule has 1 unspecified atom stereocenters. The van der Waals surface area contributed by atoms with Gasteiger partial charge in [-0.25, -0.2) is 0 Å². The Kier molecular flexibility index (Phi) is 8.31. The second-order valence-corrected chi connectivity index (χ2v) is 9.95. The van der Waals surface area contributed by atoms with E-state index in [0.29, 0.717) is 36.9 Å². The number of aliphatic hydroxyl groups is 1. The smallest absolute Gasteiger partial charge is 0.268 e. The number of Topliss-reactive ketones (excluding diaryl/α,β-unsaturated/α-hetero) is 1. The minimum Gasteiger partial charge on any atom is -0.394 e. The molecule has 1 aliphatic rings. The molecule has 2 aromatic rings. The van der Waals surface area contributed by atoms with Gasteiger partial charge in [-0.05, 0) is 35.8 Å². The zero-order valence-electron chi connectivity index (χ0n) is 20.7. The molecule has 1 heterocycles. The van der Waals surface area contributed by atoms with Crippen LogP contribution in [0.2, 0.25) is 0 Å². The van der Waals surface area contributed by atoms with Crippen LogP contribution >= 0.6 is 0 Å². The lowest BCUT2D eigenvalue weighted by atomic mass is 9.75. The molecule has 1 aromatic carbocycles. The summed E-state index contributed by atoms with van der Waals surface area (Å²) in [6.45, 7) is 7.81. The van der Waals surface area contributed by atoms with Gasteiger partial charge in [0.15, 0.2) is 5.78 Å². The van der Waals surface area contributed by atoms with Crippen LogP contribution in [-0.4, -0.2) is 40.3 Å². The van der Waals surface area contributed by atoms with Crippen LogP contribution in [0.25, 0.3) is 0 Å². The van der Waals surface area contributed by atoms with Crippen molar-refractivity contribution in [2.75, 3.05) is 6.61 Å². The maximum atomic E-state index is 13.3. The second kappa shape index (κ2) is 11.0. The van der Waals surface area contributed by atoms with E-state index in [1.54, 1.807) is 0 Å². The van der Waals surface area contributed by atoms with Crippen LogP contribution in [0.3, 0.4) is 0 Å². The Labute approximate surface area is 201 Å². The number of fused-ring (bicyclic) bond motifs is 1. The number of hydrogen-bond donors (Lipinski definition) is 4. The zero-order chi connectivity index (χ0) is 24.9. The van der Waals surface area contributed by atoms with Crippen molar-refractivity contribution in [2.24, 2.45) is 5.41 Å². The molecule has 0 saturated heterocycles. The Morgan fingerprint density at radius 3 is 2.44 bits per heavy atom. The van der Waals surface area contributed by atoms with Gasteiger partial charge in [-0.15, -0.1) is 0 Å². The summed E-state index contributed by atoms with van der Waals surface area (Å²) in [5.74, 6) is -0.656. The molecule has 7 nitrogen and oxygen atoms in total. The first-order valence-electron chi connectivity index (χ1n) is 12.2. The molecule has 3 rings (SSSR count). The van der Waals surface area contributed by atoms with E-state index in [1.165, 1.54) is 0 Å². The highest BCUT2D eigenvalue weighted by atomic mass is 16.3. The molecule has 0 spiro atoms. The quantitative estimate of drug-likeness (QED) is 0.425. The van der Waals surface area contributed by atoms with Crippen LogP contribution in [0.4, 0.5) is 0 Å². The maximum Gasteiger partial charge on any atom is 0.268 e. The molecule has 7 heteroatoms. The molecule has 0 fully saturated rings. The van der Waals surface area contributed by atoms with E-state index in [4.69, 9.17) is 0 Å². The fourth-order valence-electron chi connectivity index (χ4n) is 4.78. The van der Waals surface area contributed by atoms with Gasteiger partial charge in [-0.3, -0.25) is 14.4 Å². The molecule has 4 N–H and O–H groups in total. The summed E-state index contributed by atoms with van der Waals surface area (Å²) in [5.41, 5.74) is 3.18. The van der Waals surface area contributed by atoms with Gasteiger partial charge in [0.05, 0.1) is 12.6 Å². The van der Waals surface area contributed by atoms with Crippen molar-refractivity contribution in [1.29, 1.82) is 0 Å². The molecular formula is C27H37N3O4. The molecular weight excluding hydrogens is 430 g/mol. The average molecular weight is 468 g/mol. The SMILES string of the molecule is CCCCC(NC(=O)c1[nH]c2c(c1CC)C(=O)CC(C)(C)C2)C(=O)N[C@@H](CO)c1ccccc1. The van der Waals surface area contributed by atoms with Gasteiger partial charge in [0, 0.05) is 17.7 Å². The molecule has 0 bridgehead atoms. The number of amides is 2. The fraction of sp³-hybridized carbons (Fsp3) is 0.519. The second-order valence-electron chi connectivity index (χ2n) is 9.95. The molecule has 2 atom stereocenters. The van der Waals surface area contributed by atoms with Crippen molar-refractivity contribution >= 4 is 17.6 Å². The Morgan fingerprint density at radius 1 is 1.12 bits per heavy atom. The highest BCUT2D eigenvalue weighted by Crippen LogP contribution is 2.37. The summed E-state index contributed by atoms with van der Waals surface area (Å²) < 4.78 is 0. The Bertz CT molecular complexity index is 1030. The van der Waals surface area contributed by atoms with E-state index in [1.807, 2.05) is 44.2 Å². The Balaban J connectivity index is 1.82. The third-order valence-electron chi connectivity index (χ3n) is 6.50. The number of benzene rings is 1. The standard InChI is InChI=1S/C27H37N3O4/c1-5-7-13-19(25(33)30-21(16-31)17-11-9-8-10-12-17)29-26(34)24-18(6-2)23-20(28-24)14-27(3,4)15-22(23)32/h8-12,19,21,28,31H,5-7,13-16H2,1-4H3,(H,29,34)(H,30,33)/t19?,21-/m0/s1. The predicted octanol–water partition coefficient (Wildman–Crippen LogP) is 3.87. The molecule has 0 aliphatic heterocycles. The predicted molar refractivity (Wildman–Crippen MR) is 132 cm³/mol. The van der Waals surface area contributed by atoms with Gasteiger partial charge in [0.25, 0.3) is 5.91 Å². The van der Waals surface area contributed by atoms with Crippen molar-refractivity contribution in [3.63, 3.8) is 0 Å². The summed E-state index contributed by atoms with van der Waals surface area (Å²) in [7, 11) is 0. The largest absolute Gasteiger partial charge is 0.394 e. The number of aromatic nitrogens is 1. The number of rotatable bonds is 10. The minimum absolute atomic E-state index is 0.0623. The van der Waals surface area contributed by atoms with E-state index in [0.717, 1.165) is 29.7 Å². The first kappa shape index (κ1) is 25.7. The van der Waals surface area contributed by atoms with Gasteiger partial charge in [0.1, 0.15) is 11.7 Å². The lowest BCUT2D eigenvalue weighted by Gasteiger charge is -2.28. The molecule has 0 radical (unpaired) electrons. The van der Waals surface area contributed by atoms with Crippen molar-refractivity contribution in [3.05, 3.63) is 58.4 Å². The highest BCUT2D eigenvalue weighted by Gasteiger charge is 2.36. The number of carbonyl (C=O) groups excluding carboxylic acids is 3. The maximum absolute atomic E-state index is 13.3. The zero-order valence-corrected chi connectivity index (χ0v) is 20.7. The van der Waals surface area contributed by atoms with Crippen LogP contribution in [0.1, 0.15) is 97.1 Å². The molecule has 2 amide bonds. The monoisotopic (exact) mass is 467 g/mol. The number of hydrogen-bond acceptors (Lipinski definition) is 4. The lowest BCUT2D eigenvalue weighted by Crippen LogP contribution is -2.48. The van der Waals surface area contributed by atoms with E-state index in [2.05, 4.69) is 29.5 Å². The summed E-state index contributed by atoms with van der Waals surface area (Å²) in [6, 6.07) is 7.95. The summed E-state index contributed by atoms with van der Waals surface area (Å²) >= 11 is 0. The summed E-state index contributed by atoms with van der Waals surface area (Å²) in [4.78, 5) is 42.5. The number of carbonyl (C=O) groups is 3. The molecule has 1 aliphatic carbocycles. The van der Waals surface area contributed by atoms with Gasteiger partial charge < -0.3 is 20.7 Å². The normalized spacial score (nSPS) is 16.4. The van der Waals surface area contributed by atoms with Crippen LogP contribution in [0, 0.1) is 5.41 Å². The van der Waals surface area contributed by atoms with Gasteiger partial charge in [-0.2, -0.15) is 0 Å². The van der Waals surface area contributed by atoms with Crippen LogP contribution in [0.5, 0.6) is 0 Å². The Hall–Kier alpha value is -2.93. The highest BCUT2D eigenvalue weighted by molar-refractivity contribution is 6.05. The first-order valence-corrected chi connectivity index (χ1v) is 12.2. The third-order valence-corrected chi connectivity index (χ3v) is 6.50. The van der Waals surface area contributed by atoms with Crippen molar-refractivity contribution in [2.45, 2.75) is 78.3 Å². The van der Waals surface area contributed by atoms with E-state index in [-0.39, 0.29) is 29.6 Å². The topological polar surface area (TPSA) is 111 Å².